The zero-order chi connectivity index (χ0) is 18.8. The van der Waals surface area contributed by atoms with Crippen molar-refractivity contribution in [2.45, 2.75) is 32.6 Å². The van der Waals surface area contributed by atoms with E-state index in [1.165, 1.54) is 0 Å². The Morgan fingerprint density at radius 1 is 1.11 bits per heavy atom. The number of fused-ring (bicyclic) bond motifs is 2. The summed E-state index contributed by atoms with van der Waals surface area (Å²) in [4.78, 5) is 13.0. The number of allylic oxidation sites excluding steroid dienone is 1. The van der Waals surface area contributed by atoms with Crippen molar-refractivity contribution in [3.63, 3.8) is 0 Å². The van der Waals surface area contributed by atoms with Crippen LogP contribution in [0.1, 0.15) is 43.7 Å². The lowest BCUT2D eigenvalue weighted by Crippen LogP contribution is -2.25. The van der Waals surface area contributed by atoms with Crippen molar-refractivity contribution >= 4 is 22.6 Å². The predicted octanol–water partition coefficient (Wildman–Crippen LogP) is 4.74. The molecule has 1 unspecified atom stereocenters. The van der Waals surface area contributed by atoms with E-state index < -0.39 is 0 Å². The summed E-state index contributed by atoms with van der Waals surface area (Å²) in [5.41, 5.74) is 3.64. The number of aromatic amines is 1. The maximum Gasteiger partial charge on any atom is 0.336 e. The summed E-state index contributed by atoms with van der Waals surface area (Å²) in [6.45, 7) is 4.29. The normalized spacial score (nSPS) is 16.1. The standard InChI is InChI=1S/C22H23N3O2/c1-3-8-18-20(22(26)27-4-2)19(17-13-23-25-21(17)24-18)16-12-7-10-14-9-5-6-11-15(14)16/h5-7,9-13,19H,3-4,8H2,1-2H3,(H2,23,24,25). The molecule has 1 atom stereocenters. The third-order valence-electron chi connectivity index (χ3n) is 4.99. The fraction of sp³-hybridized carbons (Fsp3) is 0.273. The van der Waals surface area contributed by atoms with E-state index in [0.29, 0.717) is 12.2 Å². The topological polar surface area (TPSA) is 67.0 Å². The number of ether oxygens (including phenoxy) is 1. The van der Waals surface area contributed by atoms with Crippen molar-refractivity contribution in [2.24, 2.45) is 0 Å². The van der Waals surface area contributed by atoms with Crippen LogP contribution in [0.2, 0.25) is 0 Å². The molecular formula is C22H23N3O2. The largest absolute Gasteiger partial charge is 0.463 e. The molecule has 0 spiro atoms. The quantitative estimate of drug-likeness (QED) is 0.644. The number of H-pyrrole nitrogens is 1. The maximum absolute atomic E-state index is 13.0. The van der Waals surface area contributed by atoms with Gasteiger partial charge in [-0.05, 0) is 29.7 Å². The number of aromatic nitrogens is 2. The number of nitrogens with zero attached hydrogens (tertiary/aromatic N) is 1. The van der Waals surface area contributed by atoms with Crippen molar-refractivity contribution in [2.75, 3.05) is 11.9 Å². The zero-order valence-corrected chi connectivity index (χ0v) is 15.6. The van der Waals surface area contributed by atoms with Crippen LogP contribution in [0.15, 0.2) is 59.9 Å². The van der Waals surface area contributed by atoms with Gasteiger partial charge in [0.1, 0.15) is 0 Å². The van der Waals surface area contributed by atoms with Gasteiger partial charge in [0.2, 0.25) is 0 Å². The van der Waals surface area contributed by atoms with Gasteiger partial charge in [-0.25, -0.2) is 4.79 Å². The van der Waals surface area contributed by atoms with Gasteiger partial charge >= 0.3 is 5.97 Å². The Hall–Kier alpha value is -3.08. The van der Waals surface area contributed by atoms with E-state index >= 15 is 0 Å². The molecule has 1 aliphatic rings. The molecule has 0 fully saturated rings. The summed E-state index contributed by atoms with van der Waals surface area (Å²) < 4.78 is 5.45. The molecule has 0 aliphatic carbocycles. The molecule has 27 heavy (non-hydrogen) atoms. The van der Waals surface area contributed by atoms with Crippen molar-refractivity contribution < 1.29 is 9.53 Å². The minimum absolute atomic E-state index is 0.216. The Morgan fingerprint density at radius 2 is 1.93 bits per heavy atom. The van der Waals surface area contributed by atoms with E-state index in [1.807, 2.05) is 31.3 Å². The second-order valence-electron chi connectivity index (χ2n) is 6.68. The van der Waals surface area contributed by atoms with Gasteiger partial charge in [0.05, 0.1) is 12.2 Å². The summed E-state index contributed by atoms with van der Waals surface area (Å²) >= 11 is 0. The van der Waals surface area contributed by atoms with Gasteiger partial charge < -0.3 is 10.1 Å². The van der Waals surface area contributed by atoms with Crippen LogP contribution < -0.4 is 5.32 Å². The van der Waals surface area contributed by atoms with E-state index in [-0.39, 0.29) is 11.9 Å². The predicted molar refractivity (Wildman–Crippen MR) is 107 cm³/mol. The smallest absolute Gasteiger partial charge is 0.336 e. The molecule has 1 aromatic heterocycles. The highest BCUT2D eigenvalue weighted by atomic mass is 16.5. The van der Waals surface area contributed by atoms with E-state index in [4.69, 9.17) is 4.74 Å². The van der Waals surface area contributed by atoms with Crippen LogP contribution in [0.25, 0.3) is 10.8 Å². The van der Waals surface area contributed by atoms with Gasteiger partial charge in [0, 0.05) is 23.4 Å². The Bertz CT molecular complexity index is 1010. The van der Waals surface area contributed by atoms with Crippen LogP contribution in [-0.4, -0.2) is 22.8 Å². The van der Waals surface area contributed by atoms with Gasteiger partial charge in [-0.2, -0.15) is 5.10 Å². The first-order chi connectivity index (χ1) is 13.2. The highest BCUT2D eigenvalue weighted by Gasteiger charge is 2.36. The first-order valence-electron chi connectivity index (χ1n) is 9.43. The van der Waals surface area contributed by atoms with Crippen LogP contribution in [-0.2, 0) is 9.53 Å². The average Bonchev–Trinajstić information content (AvgIpc) is 3.15. The molecule has 5 heteroatoms. The molecule has 0 saturated heterocycles. The van der Waals surface area contributed by atoms with Crippen molar-refractivity contribution in [1.29, 1.82) is 0 Å². The van der Waals surface area contributed by atoms with Crippen LogP contribution in [0.3, 0.4) is 0 Å². The first-order valence-corrected chi connectivity index (χ1v) is 9.43. The fourth-order valence-electron chi connectivity index (χ4n) is 3.88. The first kappa shape index (κ1) is 17.3. The Morgan fingerprint density at radius 3 is 2.74 bits per heavy atom. The van der Waals surface area contributed by atoms with E-state index in [9.17, 15) is 4.79 Å². The lowest BCUT2D eigenvalue weighted by Gasteiger charge is -2.29. The highest BCUT2D eigenvalue weighted by molar-refractivity contribution is 5.97. The molecule has 4 rings (SSSR count). The molecule has 2 aromatic carbocycles. The molecular weight excluding hydrogens is 338 g/mol. The second kappa shape index (κ2) is 7.27. The van der Waals surface area contributed by atoms with Crippen molar-refractivity contribution in [3.05, 3.63) is 71.1 Å². The number of benzene rings is 2. The third kappa shape index (κ3) is 2.99. The number of rotatable bonds is 5. The molecule has 0 amide bonds. The maximum atomic E-state index is 13.0. The summed E-state index contributed by atoms with van der Waals surface area (Å²) in [7, 11) is 0. The SMILES string of the molecule is CCCC1=C(C(=O)OCC)C(c2cccc3ccccc23)c2c[nH]nc2N1. The van der Waals surface area contributed by atoms with Gasteiger partial charge in [0.25, 0.3) is 0 Å². The number of carbonyl (C=O) groups excluding carboxylic acids is 1. The van der Waals surface area contributed by atoms with E-state index in [2.05, 4.69) is 46.7 Å². The minimum Gasteiger partial charge on any atom is -0.463 e. The highest BCUT2D eigenvalue weighted by Crippen LogP contribution is 2.44. The van der Waals surface area contributed by atoms with Crippen LogP contribution >= 0.6 is 0 Å². The molecule has 0 radical (unpaired) electrons. The van der Waals surface area contributed by atoms with Gasteiger partial charge in [-0.1, -0.05) is 55.8 Å². The van der Waals surface area contributed by atoms with Gasteiger partial charge in [-0.3, -0.25) is 5.10 Å². The molecule has 1 aliphatic heterocycles. The second-order valence-corrected chi connectivity index (χ2v) is 6.68. The number of nitrogens with one attached hydrogen (secondary N) is 2. The van der Waals surface area contributed by atoms with Crippen LogP contribution in [0.4, 0.5) is 5.82 Å². The molecule has 2 N–H and O–H groups in total. The number of anilines is 1. The summed E-state index contributed by atoms with van der Waals surface area (Å²) in [5, 5.41) is 13.0. The number of hydrogen-bond donors (Lipinski definition) is 2. The Labute approximate surface area is 158 Å². The molecule has 0 saturated carbocycles. The molecule has 5 nitrogen and oxygen atoms in total. The summed E-state index contributed by atoms with van der Waals surface area (Å²) in [5.74, 6) is 0.300. The minimum atomic E-state index is -0.266. The average molecular weight is 361 g/mol. The van der Waals surface area contributed by atoms with Crippen LogP contribution in [0.5, 0.6) is 0 Å². The molecule has 0 bridgehead atoms. The lowest BCUT2D eigenvalue weighted by atomic mass is 9.80. The lowest BCUT2D eigenvalue weighted by molar-refractivity contribution is -0.138. The van der Waals surface area contributed by atoms with Crippen LogP contribution in [0, 0.1) is 0 Å². The Balaban J connectivity index is 1.98. The fourth-order valence-corrected chi connectivity index (χ4v) is 3.88. The van der Waals surface area contributed by atoms with Gasteiger partial charge in [-0.15, -0.1) is 0 Å². The zero-order valence-electron chi connectivity index (χ0n) is 15.6. The number of carbonyl (C=O) groups is 1. The molecule has 3 aromatic rings. The van der Waals surface area contributed by atoms with Crippen molar-refractivity contribution in [1.82, 2.24) is 10.2 Å². The van der Waals surface area contributed by atoms with Crippen molar-refractivity contribution in [3.8, 4) is 0 Å². The third-order valence-corrected chi connectivity index (χ3v) is 4.99. The monoisotopic (exact) mass is 361 g/mol. The summed E-state index contributed by atoms with van der Waals surface area (Å²) in [6.07, 6.45) is 3.56. The summed E-state index contributed by atoms with van der Waals surface area (Å²) in [6, 6.07) is 14.5. The number of hydrogen-bond acceptors (Lipinski definition) is 4. The van der Waals surface area contributed by atoms with Gasteiger partial charge in [0.15, 0.2) is 5.82 Å². The van der Waals surface area contributed by atoms with E-state index in [1.54, 1.807) is 0 Å². The molecule has 2 heterocycles. The molecule has 138 valence electrons. The number of esters is 1. The van der Waals surface area contributed by atoms with E-state index in [0.717, 1.165) is 46.3 Å². The Kier molecular flexibility index (Phi) is 4.67.